The molecule has 1 spiro atoms. The summed E-state index contributed by atoms with van der Waals surface area (Å²) in [6.07, 6.45) is 7.33. The Morgan fingerprint density at radius 3 is 2.23 bits per heavy atom. The Kier molecular flexibility index (Phi) is 7.18. The van der Waals surface area contributed by atoms with Crippen LogP contribution in [0.15, 0.2) is 12.4 Å². The molecule has 1 aromatic rings. The van der Waals surface area contributed by atoms with Crippen LogP contribution in [-0.2, 0) is 4.79 Å². The van der Waals surface area contributed by atoms with Gasteiger partial charge in [0.15, 0.2) is 0 Å². The number of amides is 1. The van der Waals surface area contributed by atoms with Crippen molar-refractivity contribution in [1.29, 1.82) is 0 Å². The number of hydrogen-bond acceptors (Lipinski definition) is 5. The number of carboxylic acid groups (broad SMARTS) is 1. The van der Waals surface area contributed by atoms with Gasteiger partial charge in [-0.15, -0.1) is 0 Å². The average molecular weight is 442 g/mol. The first-order chi connectivity index (χ1) is 14.6. The molecule has 2 saturated heterocycles. The molecule has 0 radical (unpaired) electrons. The highest BCUT2D eigenvalue weighted by Crippen LogP contribution is 2.41. The zero-order valence-electron chi connectivity index (χ0n) is 17.7. The molecular formula is C21H29F3N4O3. The fourth-order valence-corrected chi connectivity index (χ4v) is 4.62. The highest BCUT2D eigenvalue weighted by Gasteiger charge is 2.44. The molecule has 10 heteroatoms. The number of aliphatic carboxylic acids is 1. The van der Waals surface area contributed by atoms with E-state index in [-0.39, 0.29) is 5.91 Å². The Balaban J connectivity index is 0.000000339. The van der Waals surface area contributed by atoms with Crippen molar-refractivity contribution >= 4 is 11.9 Å². The number of carbonyl (C=O) groups excluding carboxylic acids is 1. The number of aryl methyl sites for hydroxylation is 1. The summed E-state index contributed by atoms with van der Waals surface area (Å²) in [5, 5.41) is 7.12. The summed E-state index contributed by atoms with van der Waals surface area (Å²) in [4.78, 5) is 34.7. The van der Waals surface area contributed by atoms with E-state index in [0.717, 1.165) is 37.5 Å². The summed E-state index contributed by atoms with van der Waals surface area (Å²) in [5.41, 5.74) is 1.70. The van der Waals surface area contributed by atoms with Crippen LogP contribution in [-0.4, -0.2) is 74.6 Å². The van der Waals surface area contributed by atoms with Crippen LogP contribution in [0.1, 0.15) is 61.1 Å². The van der Waals surface area contributed by atoms with Crippen LogP contribution in [0, 0.1) is 12.8 Å². The molecule has 1 N–H and O–H groups in total. The van der Waals surface area contributed by atoms with E-state index in [0.29, 0.717) is 11.2 Å². The van der Waals surface area contributed by atoms with E-state index in [1.54, 1.807) is 12.4 Å². The van der Waals surface area contributed by atoms with Gasteiger partial charge in [-0.05, 0) is 57.9 Å². The molecule has 1 saturated carbocycles. The zero-order chi connectivity index (χ0) is 22.6. The second-order valence-electron chi connectivity index (χ2n) is 8.71. The van der Waals surface area contributed by atoms with Crippen LogP contribution >= 0.6 is 0 Å². The monoisotopic (exact) mass is 442 g/mol. The van der Waals surface area contributed by atoms with Crippen molar-refractivity contribution in [3.05, 3.63) is 23.8 Å². The van der Waals surface area contributed by atoms with E-state index in [9.17, 15) is 18.0 Å². The highest BCUT2D eigenvalue weighted by molar-refractivity contribution is 5.92. The second kappa shape index (κ2) is 9.50. The van der Waals surface area contributed by atoms with Crippen LogP contribution < -0.4 is 0 Å². The molecule has 0 unspecified atom stereocenters. The van der Waals surface area contributed by atoms with Gasteiger partial charge in [0.1, 0.15) is 5.69 Å². The van der Waals surface area contributed by atoms with Crippen molar-refractivity contribution in [3.8, 4) is 0 Å². The van der Waals surface area contributed by atoms with Gasteiger partial charge in [0.05, 0.1) is 11.9 Å². The zero-order valence-corrected chi connectivity index (χ0v) is 17.7. The Morgan fingerprint density at radius 2 is 1.74 bits per heavy atom. The number of piperidine rings is 1. The normalized spacial score (nSPS) is 21.4. The van der Waals surface area contributed by atoms with Crippen LogP contribution in [0.3, 0.4) is 0 Å². The lowest BCUT2D eigenvalue weighted by atomic mass is 9.81. The van der Waals surface area contributed by atoms with E-state index in [1.165, 1.54) is 45.2 Å². The van der Waals surface area contributed by atoms with Crippen LogP contribution in [0.5, 0.6) is 0 Å². The number of nitrogens with zero attached hydrogens (tertiary/aromatic N) is 4. The number of halogens is 3. The molecule has 3 fully saturated rings. The molecule has 4 rings (SSSR count). The molecule has 1 amide bonds. The highest BCUT2D eigenvalue weighted by atomic mass is 19.4. The molecule has 1 aromatic heterocycles. The maximum atomic E-state index is 12.6. The van der Waals surface area contributed by atoms with E-state index in [4.69, 9.17) is 9.90 Å². The quantitative estimate of drug-likeness (QED) is 0.773. The number of aromatic nitrogens is 2. The molecule has 0 bridgehead atoms. The summed E-state index contributed by atoms with van der Waals surface area (Å²) in [7, 11) is 0. The number of carbonyl (C=O) groups is 2. The van der Waals surface area contributed by atoms with Crippen LogP contribution in [0.2, 0.25) is 0 Å². The van der Waals surface area contributed by atoms with E-state index in [2.05, 4.69) is 14.9 Å². The van der Waals surface area contributed by atoms with Gasteiger partial charge < -0.3 is 10.0 Å². The molecule has 0 atom stereocenters. The fraction of sp³-hybridized carbons (Fsp3) is 0.714. The summed E-state index contributed by atoms with van der Waals surface area (Å²) in [5.74, 6) is -1.78. The first-order valence-corrected chi connectivity index (χ1v) is 10.7. The Morgan fingerprint density at radius 1 is 1.10 bits per heavy atom. The molecule has 1 aliphatic carbocycles. The molecule has 3 aliphatic rings. The minimum Gasteiger partial charge on any atom is -0.475 e. The first kappa shape index (κ1) is 23.4. The maximum absolute atomic E-state index is 12.6. The van der Waals surface area contributed by atoms with Crippen molar-refractivity contribution in [2.45, 2.75) is 63.6 Å². The van der Waals surface area contributed by atoms with E-state index >= 15 is 0 Å². The lowest BCUT2D eigenvalue weighted by Crippen LogP contribution is -2.54. The number of alkyl halides is 3. The number of likely N-dealkylation sites (tertiary alicyclic amines) is 2. The van der Waals surface area contributed by atoms with Gasteiger partial charge in [-0.25, -0.2) is 9.78 Å². The lowest BCUT2D eigenvalue weighted by molar-refractivity contribution is -0.192. The minimum atomic E-state index is -5.08. The second-order valence-corrected chi connectivity index (χ2v) is 8.71. The lowest BCUT2D eigenvalue weighted by Gasteiger charge is -2.47. The number of hydrogen-bond donors (Lipinski definition) is 1. The van der Waals surface area contributed by atoms with Gasteiger partial charge in [0, 0.05) is 31.4 Å². The maximum Gasteiger partial charge on any atom is 0.490 e. The van der Waals surface area contributed by atoms with Gasteiger partial charge in [-0.2, -0.15) is 13.2 Å². The Labute approximate surface area is 179 Å². The van der Waals surface area contributed by atoms with Crippen molar-refractivity contribution in [3.63, 3.8) is 0 Å². The first-order valence-electron chi connectivity index (χ1n) is 10.7. The molecule has 0 aromatic carbocycles. The Hall–Kier alpha value is -2.23. The topological polar surface area (TPSA) is 86.6 Å². The summed E-state index contributed by atoms with van der Waals surface area (Å²) < 4.78 is 31.7. The van der Waals surface area contributed by atoms with Crippen LogP contribution in [0.25, 0.3) is 0 Å². The molecule has 7 nitrogen and oxygen atoms in total. The third kappa shape index (κ3) is 5.72. The predicted octanol–water partition coefficient (Wildman–Crippen LogP) is 3.29. The van der Waals surface area contributed by atoms with E-state index < -0.39 is 12.1 Å². The van der Waals surface area contributed by atoms with Gasteiger partial charge in [0.25, 0.3) is 5.91 Å². The largest absolute Gasteiger partial charge is 0.490 e. The number of rotatable bonds is 3. The fourth-order valence-electron chi connectivity index (χ4n) is 4.62. The summed E-state index contributed by atoms with van der Waals surface area (Å²) >= 11 is 0. The van der Waals surface area contributed by atoms with Crippen molar-refractivity contribution in [2.24, 2.45) is 5.92 Å². The average Bonchev–Trinajstić information content (AvgIpc) is 3.07. The summed E-state index contributed by atoms with van der Waals surface area (Å²) in [6, 6.07) is 0. The SMILES string of the molecule is Cc1cnc(C(=O)N2CCC3(CCCN3CC3CCC3)CC2)cn1.O=C(O)C(F)(F)F. The van der Waals surface area contributed by atoms with Crippen molar-refractivity contribution < 1.29 is 27.9 Å². The smallest absolute Gasteiger partial charge is 0.475 e. The third-order valence-electron chi connectivity index (χ3n) is 6.67. The molecule has 3 heterocycles. The van der Waals surface area contributed by atoms with Gasteiger partial charge >= 0.3 is 12.1 Å². The third-order valence-corrected chi connectivity index (χ3v) is 6.67. The minimum absolute atomic E-state index is 0.0425. The molecular weight excluding hydrogens is 413 g/mol. The van der Waals surface area contributed by atoms with E-state index in [1.807, 2.05) is 11.8 Å². The molecule has 31 heavy (non-hydrogen) atoms. The van der Waals surface area contributed by atoms with Gasteiger partial charge in [0.2, 0.25) is 0 Å². The number of carboxylic acids is 1. The van der Waals surface area contributed by atoms with Crippen LogP contribution in [0.4, 0.5) is 13.2 Å². The Bertz CT molecular complexity index is 773. The van der Waals surface area contributed by atoms with Crippen molar-refractivity contribution in [1.82, 2.24) is 19.8 Å². The van der Waals surface area contributed by atoms with Crippen molar-refractivity contribution in [2.75, 3.05) is 26.2 Å². The molecule has 172 valence electrons. The van der Waals surface area contributed by atoms with Gasteiger partial charge in [-0.3, -0.25) is 14.7 Å². The summed E-state index contributed by atoms with van der Waals surface area (Å²) in [6.45, 7) is 6.15. The predicted molar refractivity (Wildman–Crippen MR) is 106 cm³/mol. The standard InChI is InChI=1S/C19H28N4O.C2HF3O2/c1-15-12-21-17(13-20-15)18(24)22-10-7-19(8-11-22)6-3-9-23(19)14-16-4-2-5-16;3-2(4,5)1(6)7/h12-13,16H,2-11,14H2,1H3;(H,6,7). The van der Waals surface area contributed by atoms with Gasteiger partial charge in [-0.1, -0.05) is 6.42 Å². The molecule has 2 aliphatic heterocycles.